The summed E-state index contributed by atoms with van der Waals surface area (Å²) in [5.41, 5.74) is 2.15. The number of fused-ring (bicyclic) bond motifs is 1. The molecule has 24 heavy (non-hydrogen) atoms. The van der Waals surface area contributed by atoms with E-state index < -0.39 is 0 Å². The van der Waals surface area contributed by atoms with Crippen LogP contribution in [0.15, 0.2) is 48.7 Å². The molecular formula is C19H19FN2O2. The molecule has 3 aromatic rings. The maximum atomic E-state index is 13.2. The van der Waals surface area contributed by atoms with Crippen molar-refractivity contribution in [3.63, 3.8) is 0 Å². The van der Waals surface area contributed by atoms with Crippen LogP contribution in [0.5, 0.6) is 5.75 Å². The molecule has 2 N–H and O–H groups in total. The van der Waals surface area contributed by atoms with Gasteiger partial charge in [-0.15, -0.1) is 0 Å². The molecule has 1 heterocycles. The van der Waals surface area contributed by atoms with Crippen molar-refractivity contribution in [1.82, 2.24) is 4.98 Å². The third kappa shape index (κ3) is 3.56. The summed E-state index contributed by atoms with van der Waals surface area (Å²) in [6, 6.07) is 11.8. The first-order valence-electron chi connectivity index (χ1n) is 7.84. The molecule has 124 valence electrons. The average molecular weight is 326 g/mol. The fraction of sp³-hybridized carbons (Fsp3) is 0.211. The van der Waals surface area contributed by atoms with Crippen molar-refractivity contribution >= 4 is 22.5 Å². The molecule has 0 spiro atoms. The molecule has 0 aliphatic rings. The van der Waals surface area contributed by atoms with E-state index in [1.165, 1.54) is 12.1 Å². The summed E-state index contributed by atoms with van der Waals surface area (Å²) in [7, 11) is 0. The molecule has 0 saturated carbocycles. The zero-order chi connectivity index (χ0) is 17.1. The van der Waals surface area contributed by atoms with Gasteiger partial charge in [-0.05, 0) is 49.7 Å². The van der Waals surface area contributed by atoms with Gasteiger partial charge in [-0.1, -0.05) is 12.1 Å². The van der Waals surface area contributed by atoms with Crippen LogP contribution in [-0.4, -0.2) is 17.0 Å². The van der Waals surface area contributed by atoms with Gasteiger partial charge in [0.2, 0.25) is 5.91 Å². The van der Waals surface area contributed by atoms with E-state index in [9.17, 15) is 9.18 Å². The van der Waals surface area contributed by atoms with Crippen LogP contribution in [0.4, 0.5) is 10.1 Å². The quantitative estimate of drug-likeness (QED) is 0.735. The first-order valence-corrected chi connectivity index (χ1v) is 7.84. The Morgan fingerprint density at radius 1 is 1.25 bits per heavy atom. The van der Waals surface area contributed by atoms with E-state index in [0.717, 1.165) is 10.9 Å². The third-order valence-electron chi connectivity index (χ3n) is 3.60. The lowest BCUT2D eigenvalue weighted by molar-refractivity contribution is -0.115. The van der Waals surface area contributed by atoms with Gasteiger partial charge in [0.25, 0.3) is 0 Å². The summed E-state index contributed by atoms with van der Waals surface area (Å²) in [4.78, 5) is 15.4. The van der Waals surface area contributed by atoms with Gasteiger partial charge in [0.15, 0.2) is 0 Å². The SMILES string of the molecule is CC(C)Oc1ccccc1NC(=O)Cc1c[nH]c2cc(F)ccc12. The summed E-state index contributed by atoms with van der Waals surface area (Å²) in [6.07, 6.45) is 1.95. The van der Waals surface area contributed by atoms with Crippen molar-refractivity contribution in [2.24, 2.45) is 0 Å². The maximum Gasteiger partial charge on any atom is 0.228 e. The van der Waals surface area contributed by atoms with E-state index in [-0.39, 0.29) is 24.2 Å². The Kier molecular flexibility index (Phi) is 4.51. The van der Waals surface area contributed by atoms with E-state index >= 15 is 0 Å². The number of carbonyl (C=O) groups is 1. The first-order chi connectivity index (χ1) is 11.5. The summed E-state index contributed by atoms with van der Waals surface area (Å²) >= 11 is 0. The van der Waals surface area contributed by atoms with Gasteiger partial charge < -0.3 is 15.0 Å². The lowest BCUT2D eigenvalue weighted by Gasteiger charge is -2.14. The normalized spacial score (nSPS) is 11.0. The number of hydrogen-bond acceptors (Lipinski definition) is 2. The van der Waals surface area contributed by atoms with Crippen LogP contribution in [-0.2, 0) is 11.2 Å². The van der Waals surface area contributed by atoms with Crippen LogP contribution in [0.1, 0.15) is 19.4 Å². The van der Waals surface area contributed by atoms with E-state index in [1.807, 2.05) is 32.0 Å². The van der Waals surface area contributed by atoms with Crippen LogP contribution < -0.4 is 10.1 Å². The number of nitrogens with one attached hydrogen (secondary N) is 2. The minimum atomic E-state index is -0.305. The van der Waals surface area contributed by atoms with Gasteiger partial charge in [-0.2, -0.15) is 0 Å². The smallest absolute Gasteiger partial charge is 0.228 e. The largest absolute Gasteiger partial charge is 0.489 e. The molecule has 4 nitrogen and oxygen atoms in total. The van der Waals surface area contributed by atoms with E-state index in [1.54, 1.807) is 18.3 Å². The van der Waals surface area contributed by atoms with Crippen molar-refractivity contribution < 1.29 is 13.9 Å². The number of hydrogen-bond donors (Lipinski definition) is 2. The molecule has 0 radical (unpaired) electrons. The van der Waals surface area contributed by atoms with Crippen LogP contribution in [0, 0.1) is 5.82 Å². The highest BCUT2D eigenvalue weighted by molar-refractivity contribution is 5.96. The van der Waals surface area contributed by atoms with Gasteiger partial charge in [-0.3, -0.25) is 4.79 Å². The van der Waals surface area contributed by atoms with Gasteiger partial charge >= 0.3 is 0 Å². The second-order valence-electron chi connectivity index (χ2n) is 5.89. The molecule has 0 unspecified atom stereocenters. The number of halogens is 1. The molecular weight excluding hydrogens is 307 g/mol. The van der Waals surface area contributed by atoms with Crippen molar-refractivity contribution in [3.05, 3.63) is 60.0 Å². The van der Waals surface area contributed by atoms with E-state index in [2.05, 4.69) is 10.3 Å². The predicted octanol–water partition coefficient (Wildman–Crippen LogP) is 4.28. The fourth-order valence-corrected chi connectivity index (χ4v) is 2.60. The lowest BCUT2D eigenvalue weighted by atomic mass is 10.1. The van der Waals surface area contributed by atoms with Gasteiger partial charge in [0.1, 0.15) is 11.6 Å². The molecule has 0 aliphatic heterocycles. The number of rotatable bonds is 5. The molecule has 2 aromatic carbocycles. The van der Waals surface area contributed by atoms with Crippen LogP contribution >= 0.6 is 0 Å². The van der Waals surface area contributed by atoms with Crippen molar-refractivity contribution in [1.29, 1.82) is 0 Å². The Morgan fingerprint density at radius 3 is 2.83 bits per heavy atom. The highest BCUT2D eigenvalue weighted by Crippen LogP contribution is 2.26. The van der Waals surface area contributed by atoms with Crippen molar-refractivity contribution in [3.8, 4) is 5.75 Å². The number of carbonyl (C=O) groups excluding carboxylic acids is 1. The highest BCUT2D eigenvalue weighted by Gasteiger charge is 2.12. The van der Waals surface area contributed by atoms with E-state index in [0.29, 0.717) is 17.0 Å². The number of benzene rings is 2. The summed E-state index contributed by atoms with van der Waals surface area (Å²) in [6.45, 7) is 3.87. The standard InChI is InChI=1S/C19H19FN2O2/c1-12(2)24-18-6-4-3-5-16(18)22-19(23)9-13-11-21-17-10-14(20)7-8-15(13)17/h3-8,10-12,21H,9H2,1-2H3,(H,22,23). The number of amides is 1. The highest BCUT2D eigenvalue weighted by atomic mass is 19.1. The second-order valence-corrected chi connectivity index (χ2v) is 5.89. The molecule has 3 rings (SSSR count). The van der Waals surface area contributed by atoms with Crippen LogP contribution in [0.2, 0.25) is 0 Å². The summed E-state index contributed by atoms with van der Waals surface area (Å²) in [5, 5.41) is 3.72. The van der Waals surface area contributed by atoms with Crippen molar-refractivity contribution in [2.75, 3.05) is 5.32 Å². The number of para-hydroxylation sites is 2. The Morgan fingerprint density at radius 2 is 2.04 bits per heavy atom. The van der Waals surface area contributed by atoms with Crippen LogP contribution in [0.25, 0.3) is 10.9 Å². The maximum absolute atomic E-state index is 13.2. The van der Waals surface area contributed by atoms with Gasteiger partial charge in [-0.25, -0.2) is 4.39 Å². The molecule has 1 amide bonds. The zero-order valence-corrected chi connectivity index (χ0v) is 13.6. The first kappa shape index (κ1) is 16.1. The Bertz CT molecular complexity index is 871. The Balaban J connectivity index is 1.76. The fourth-order valence-electron chi connectivity index (χ4n) is 2.60. The van der Waals surface area contributed by atoms with Crippen molar-refractivity contribution in [2.45, 2.75) is 26.4 Å². The predicted molar refractivity (Wildman–Crippen MR) is 92.8 cm³/mol. The molecule has 1 aromatic heterocycles. The summed E-state index contributed by atoms with van der Waals surface area (Å²) < 4.78 is 18.9. The van der Waals surface area contributed by atoms with E-state index in [4.69, 9.17) is 4.74 Å². The molecule has 0 atom stereocenters. The zero-order valence-electron chi connectivity index (χ0n) is 13.6. The molecule has 0 bridgehead atoms. The average Bonchev–Trinajstić information content (AvgIpc) is 2.90. The Hall–Kier alpha value is -2.82. The number of anilines is 1. The second kappa shape index (κ2) is 6.74. The topological polar surface area (TPSA) is 54.1 Å². The number of aromatic nitrogens is 1. The number of aromatic amines is 1. The third-order valence-corrected chi connectivity index (χ3v) is 3.60. The number of ether oxygens (including phenoxy) is 1. The number of H-pyrrole nitrogens is 1. The monoisotopic (exact) mass is 326 g/mol. The summed E-state index contributed by atoms with van der Waals surface area (Å²) in [5.74, 6) is 0.182. The minimum absolute atomic E-state index is 0.0200. The molecule has 0 fully saturated rings. The molecule has 5 heteroatoms. The molecule has 0 aliphatic carbocycles. The van der Waals surface area contributed by atoms with Crippen LogP contribution in [0.3, 0.4) is 0 Å². The van der Waals surface area contributed by atoms with Gasteiger partial charge in [0.05, 0.1) is 18.2 Å². The van der Waals surface area contributed by atoms with Gasteiger partial charge in [0, 0.05) is 17.1 Å². The lowest BCUT2D eigenvalue weighted by Crippen LogP contribution is -2.16. The Labute approximate surface area is 139 Å². The minimum Gasteiger partial charge on any atom is -0.489 e. The molecule has 0 saturated heterocycles.